The van der Waals surface area contributed by atoms with E-state index in [0.717, 1.165) is 0 Å². The van der Waals surface area contributed by atoms with E-state index in [4.69, 9.17) is 32.7 Å². The number of hydrogen-bond acceptors (Lipinski definition) is 7. The third kappa shape index (κ3) is 8.17. The maximum Gasteiger partial charge on any atom is 0.408 e. The van der Waals surface area contributed by atoms with Gasteiger partial charge in [-0.15, -0.1) is 0 Å². The number of nitrogens with one attached hydrogen (secondary N) is 4. The molecule has 0 saturated heterocycles. The number of alkyl carbamates (subject to hydrolysis) is 1. The first-order valence-electron chi connectivity index (χ1n) is 13.6. The molecule has 1 atom stereocenters. The fourth-order valence-electron chi connectivity index (χ4n) is 4.20. The lowest BCUT2D eigenvalue weighted by atomic mass is 10.1. The number of ether oxygens (including phenoxy) is 2. The fraction of sp³-hybridized carbons (Fsp3) is 0.400. The number of halogens is 2. The number of benzene rings is 1. The molecule has 1 saturated carbocycles. The summed E-state index contributed by atoms with van der Waals surface area (Å²) in [7, 11) is 0. The molecule has 3 aromatic rings. The Hall–Kier alpha value is -3.76. The molecule has 0 radical (unpaired) electrons. The molecule has 1 aliphatic rings. The van der Waals surface area contributed by atoms with Gasteiger partial charge in [-0.2, -0.15) is 0 Å². The average molecular weight is 617 g/mol. The van der Waals surface area contributed by atoms with E-state index in [-0.39, 0.29) is 18.3 Å². The van der Waals surface area contributed by atoms with Crippen LogP contribution in [-0.4, -0.2) is 51.7 Å². The van der Waals surface area contributed by atoms with Gasteiger partial charge in [-0.3, -0.25) is 4.79 Å². The zero-order chi connectivity index (χ0) is 30.7. The lowest BCUT2D eigenvalue weighted by Crippen LogP contribution is -2.47. The Morgan fingerprint density at radius 3 is 2.50 bits per heavy atom. The standard InChI is InChI=1S/C30H35Cl2N5O5/c1-17(2)35-25-13-21(22(32)15-34-25)19-12-23(33-14-19)26(38)36-24(18-7-6-8-20(31)11-18)16-41-27(39)30(9-10-30)37-28(40)42-29(3,4)5/h6-8,11-15,17,24,33H,9-10,16H2,1-5H3,(H,34,35)(H,36,38)(H,37,40)/t24-/m1/s1. The van der Waals surface area contributed by atoms with Crippen molar-refractivity contribution in [3.05, 3.63) is 70.1 Å². The van der Waals surface area contributed by atoms with Crippen molar-refractivity contribution in [3.8, 4) is 11.1 Å². The molecule has 0 aliphatic heterocycles. The third-order valence-corrected chi connectivity index (χ3v) is 6.89. The number of pyridine rings is 1. The maximum absolute atomic E-state index is 13.3. The van der Waals surface area contributed by atoms with Gasteiger partial charge in [-0.1, -0.05) is 35.3 Å². The molecule has 0 spiro atoms. The number of anilines is 1. The first-order valence-corrected chi connectivity index (χ1v) is 14.4. The maximum atomic E-state index is 13.3. The van der Waals surface area contributed by atoms with Crippen molar-refractivity contribution in [1.29, 1.82) is 0 Å². The molecule has 4 N–H and O–H groups in total. The number of aromatic amines is 1. The highest BCUT2D eigenvalue weighted by atomic mass is 35.5. The van der Waals surface area contributed by atoms with Crippen LogP contribution in [0.5, 0.6) is 0 Å². The normalized spacial score (nSPS) is 14.6. The number of aromatic nitrogens is 2. The van der Waals surface area contributed by atoms with E-state index in [9.17, 15) is 14.4 Å². The van der Waals surface area contributed by atoms with Gasteiger partial charge in [-0.05, 0) is 77.3 Å². The van der Waals surface area contributed by atoms with Crippen molar-refractivity contribution in [2.75, 3.05) is 11.9 Å². The highest BCUT2D eigenvalue weighted by molar-refractivity contribution is 6.33. The van der Waals surface area contributed by atoms with Crippen molar-refractivity contribution >= 4 is 47.0 Å². The van der Waals surface area contributed by atoms with Crippen molar-refractivity contribution in [2.45, 2.75) is 70.7 Å². The Morgan fingerprint density at radius 1 is 1.12 bits per heavy atom. The minimum atomic E-state index is -1.15. The van der Waals surface area contributed by atoms with Crippen LogP contribution in [0.25, 0.3) is 11.1 Å². The summed E-state index contributed by atoms with van der Waals surface area (Å²) in [4.78, 5) is 45.9. The molecule has 2 amide bonds. The third-order valence-electron chi connectivity index (χ3n) is 6.35. The second kappa shape index (κ2) is 12.6. The van der Waals surface area contributed by atoms with Gasteiger partial charge >= 0.3 is 12.1 Å². The molecular weight excluding hydrogens is 581 g/mol. The van der Waals surface area contributed by atoms with Gasteiger partial charge < -0.3 is 30.4 Å². The number of amides is 2. The number of carbonyl (C=O) groups excluding carboxylic acids is 3. The van der Waals surface area contributed by atoms with Gasteiger partial charge in [0.1, 0.15) is 29.3 Å². The van der Waals surface area contributed by atoms with Crippen LogP contribution in [0, 0.1) is 0 Å². The van der Waals surface area contributed by atoms with E-state index in [1.165, 1.54) is 0 Å². The molecule has 2 heterocycles. The molecule has 42 heavy (non-hydrogen) atoms. The molecule has 0 bridgehead atoms. The van der Waals surface area contributed by atoms with Crippen molar-refractivity contribution in [1.82, 2.24) is 20.6 Å². The predicted molar refractivity (Wildman–Crippen MR) is 162 cm³/mol. The second-order valence-corrected chi connectivity index (χ2v) is 12.4. The first-order chi connectivity index (χ1) is 19.7. The Kier molecular flexibility index (Phi) is 9.37. The number of rotatable bonds is 10. The van der Waals surface area contributed by atoms with Crippen molar-refractivity contribution in [2.24, 2.45) is 0 Å². The summed E-state index contributed by atoms with van der Waals surface area (Å²) in [6, 6.07) is 9.86. The van der Waals surface area contributed by atoms with E-state index in [1.54, 1.807) is 63.5 Å². The van der Waals surface area contributed by atoms with E-state index in [1.807, 2.05) is 19.9 Å². The summed E-state index contributed by atoms with van der Waals surface area (Å²) in [6.07, 6.45) is 3.40. The fourth-order valence-corrected chi connectivity index (χ4v) is 4.61. The summed E-state index contributed by atoms with van der Waals surface area (Å²) in [5.41, 5.74) is 0.472. The number of nitrogens with zero attached hydrogens (tertiary/aromatic N) is 1. The largest absolute Gasteiger partial charge is 0.461 e. The summed E-state index contributed by atoms with van der Waals surface area (Å²) in [5, 5.41) is 9.68. The smallest absolute Gasteiger partial charge is 0.408 e. The number of hydrogen-bond donors (Lipinski definition) is 4. The SMILES string of the molecule is CC(C)Nc1cc(-c2c[nH]c(C(=O)N[C@H](COC(=O)C3(NC(=O)OC(C)(C)C)CC3)c3cccc(Cl)c3)c2)c(Cl)cn1. The van der Waals surface area contributed by atoms with Gasteiger partial charge in [0.25, 0.3) is 5.91 Å². The van der Waals surface area contributed by atoms with Crippen LogP contribution in [0.4, 0.5) is 10.6 Å². The van der Waals surface area contributed by atoms with Crippen LogP contribution < -0.4 is 16.0 Å². The molecule has 10 nitrogen and oxygen atoms in total. The Morgan fingerprint density at radius 2 is 1.86 bits per heavy atom. The van der Waals surface area contributed by atoms with Crippen molar-refractivity contribution < 1.29 is 23.9 Å². The number of esters is 1. The minimum Gasteiger partial charge on any atom is -0.461 e. The molecule has 1 aromatic carbocycles. The molecule has 0 unspecified atom stereocenters. The zero-order valence-corrected chi connectivity index (χ0v) is 25.7. The number of carbonyl (C=O) groups is 3. The summed E-state index contributed by atoms with van der Waals surface area (Å²) in [6.45, 7) is 9.04. The zero-order valence-electron chi connectivity index (χ0n) is 24.1. The quantitative estimate of drug-likeness (QED) is 0.197. The molecule has 12 heteroatoms. The van der Waals surface area contributed by atoms with E-state index in [0.29, 0.717) is 45.4 Å². The first kappa shape index (κ1) is 31.2. The predicted octanol–water partition coefficient (Wildman–Crippen LogP) is 6.28. The Balaban J connectivity index is 1.47. The second-order valence-electron chi connectivity index (χ2n) is 11.5. The van der Waals surface area contributed by atoms with Gasteiger partial charge in [0, 0.05) is 34.6 Å². The lowest BCUT2D eigenvalue weighted by molar-refractivity contribution is -0.148. The highest BCUT2D eigenvalue weighted by Crippen LogP contribution is 2.37. The van der Waals surface area contributed by atoms with Crippen LogP contribution in [0.1, 0.15) is 69.6 Å². The molecule has 1 aliphatic carbocycles. The van der Waals surface area contributed by atoms with Crippen LogP contribution in [0.15, 0.2) is 48.8 Å². The van der Waals surface area contributed by atoms with Crippen LogP contribution >= 0.6 is 23.2 Å². The minimum absolute atomic E-state index is 0.180. The molecule has 2 aromatic heterocycles. The lowest BCUT2D eigenvalue weighted by Gasteiger charge is -2.24. The average Bonchev–Trinajstić information content (AvgIpc) is 3.50. The monoisotopic (exact) mass is 615 g/mol. The van der Waals surface area contributed by atoms with Crippen LogP contribution in [-0.2, 0) is 14.3 Å². The highest BCUT2D eigenvalue weighted by Gasteiger charge is 2.53. The topological polar surface area (TPSA) is 134 Å². The summed E-state index contributed by atoms with van der Waals surface area (Å²) >= 11 is 12.6. The summed E-state index contributed by atoms with van der Waals surface area (Å²) < 4.78 is 10.9. The van der Waals surface area contributed by atoms with Gasteiger partial charge in [0.05, 0.1) is 11.1 Å². The van der Waals surface area contributed by atoms with Crippen molar-refractivity contribution in [3.63, 3.8) is 0 Å². The van der Waals surface area contributed by atoms with Gasteiger partial charge in [0.15, 0.2) is 0 Å². The molecular formula is C30H35Cl2N5O5. The van der Waals surface area contributed by atoms with Crippen LogP contribution in [0.3, 0.4) is 0 Å². The Bertz CT molecular complexity index is 1460. The van der Waals surface area contributed by atoms with E-state index >= 15 is 0 Å². The van der Waals surface area contributed by atoms with E-state index in [2.05, 4.69) is 25.9 Å². The molecule has 1 fully saturated rings. The molecule has 4 rings (SSSR count). The summed E-state index contributed by atoms with van der Waals surface area (Å²) in [5.74, 6) is -0.370. The van der Waals surface area contributed by atoms with Crippen LogP contribution in [0.2, 0.25) is 10.0 Å². The molecule has 224 valence electrons. The Labute approximate surface area is 254 Å². The van der Waals surface area contributed by atoms with Gasteiger partial charge in [0.2, 0.25) is 0 Å². The van der Waals surface area contributed by atoms with Gasteiger partial charge in [-0.25, -0.2) is 14.6 Å². The number of H-pyrrole nitrogens is 1. The van der Waals surface area contributed by atoms with E-state index < -0.39 is 35.2 Å².